The molecule has 1 rings (SSSR count). The molecule has 0 bridgehead atoms. The highest BCUT2D eigenvalue weighted by Crippen LogP contribution is 2.08. The van der Waals surface area contributed by atoms with Gasteiger partial charge in [-0.15, -0.1) is 0 Å². The van der Waals surface area contributed by atoms with Crippen LogP contribution in [0.3, 0.4) is 0 Å². The minimum Gasteiger partial charge on any atom is -0.744 e. The molecule has 0 aromatic heterocycles. The van der Waals surface area contributed by atoms with E-state index in [2.05, 4.69) is 27.6 Å². The Labute approximate surface area is 151 Å². The minimum atomic E-state index is -4.27. The second kappa shape index (κ2) is 11.0. The number of rotatable bonds is 8. The van der Waals surface area contributed by atoms with Crippen molar-refractivity contribution < 1.29 is 27.0 Å². The number of hydrogen-bond donors (Lipinski definition) is 0. The number of hydrogen-bond acceptors (Lipinski definition) is 5. The lowest BCUT2D eigenvalue weighted by Gasteiger charge is -2.27. The summed E-state index contributed by atoms with van der Waals surface area (Å²) in [4.78, 5) is 10.5. The van der Waals surface area contributed by atoms with Crippen molar-refractivity contribution in [2.24, 2.45) is 0 Å². The zero-order chi connectivity index (χ0) is 19.5. The molecule has 6 nitrogen and oxygen atoms in total. The summed E-state index contributed by atoms with van der Waals surface area (Å²) in [6.07, 6.45) is 3.22. The molecule has 0 unspecified atom stereocenters. The summed E-state index contributed by atoms with van der Waals surface area (Å²) in [5.41, 5.74) is 0.928. The van der Waals surface area contributed by atoms with Gasteiger partial charge in [-0.05, 0) is 38.8 Å². The van der Waals surface area contributed by atoms with Crippen molar-refractivity contribution >= 4 is 16.1 Å². The Hall–Kier alpha value is -1.70. The van der Waals surface area contributed by atoms with Crippen molar-refractivity contribution in [2.75, 3.05) is 33.8 Å². The number of quaternary nitrogens is 1. The van der Waals surface area contributed by atoms with Gasteiger partial charge in [0.05, 0.1) is 38.7 Å². The van der Waals surface area contributed by atoms with Crippen LogP contribution in [-0.4, -0.2) is 57.2 Å². The lowest BCUT2D eigenvalue weighted by molar-refractivity contribution is -0.888. The first kappa shape index (κ1) is 23.3. The van der Waals surface area contributed by atoms with Crippen molar-refractivity contribution in [1.29, 1.82) is 0 Å². The lowest BCUT2D eigenvalue weighted by atomic mass is 10.2. The van der Waals surface area contributed by atoms with Gasteiger partial charge < -0.3 is 13.8 Å². The number of benzene rings is 1. The van der Waals surface area contributed by atoms with E-state index < -0.39 is 10.1 Å². The van der Waals surface area contributed by atoms with E-state index in [9.17, 15) is 17.8 Å². The number of nitrogens with zero attached hydrogens (tertiary/aromatic N) is 1. The number of carbonyl (C=O) groups excluding carboxylic acids is 1. The molecule has 0 radical (unpaired) electrons. The van der Waals surface area contributed by atoms with Crippen molar-refractivity contribution in [3.63, 3.8) is 0 Å². The van der Waals surface area contributed by atoms with E-state index in [1.165, 1.54) is 18.2 Å². The SMILES string of the molecule is C=CC(=O)OCCCC[N+](C)(C)CC.Cc1ccc(S(=O)(=O)[O-])cc1. The predicted molar refractivity (Wildman–Crippen MR) is 97.0 cm³/mol. The number of aryl methyl sites for hydroxylation is 1. The van der Waals surface area contributed by atoms with Crippen LogP contribution < -0.4 is 0 Å². The molecular weight excluding hydrogens is 342 g/mol. The molecule has 0 fully saturated rings. The Bertz CT molecular complexity index is 636. The molecular formula is C18H29NO5S. The van der Waals surface area contributed by atoms with E-state index in [1.807, 2.05) is 6.92 Å². The van der Waals surface area contributed by atoms with Gasteiger partial charge in [0.1, 0.15) is 10.1 Å². The van der Waals surface area contributed by atoms with Crippen LogP contribution in [0, 0.1) is 6.92 Å². The maximum absolute atomic E-state index is 10.7. The van der Waals surface area contributed by atoms with E-state index in [4.69, 9.17) is 4.74 Å². The highest BCUT2D eigenvalue weighted by atomic mass is 32.2. The average Bonchev–Trinajstić information content (AvgIpc) is 2.54. The first-order valence-electron chi connectivity index (χ1n) is 8.15. The largest absolute Gasteiger partial charge is 0.744 e. The van der Waals surface area contributed by atoms with Gasteiger partial charge in [0.25, 0.3) is 0 Å². The maximum Gasteiger partial charge on any atom is 0.330 e. The van der Waals surface area contributed by atoms with Gasteiger partial charge in [-0.3, -0.25) is 0 Å². The van der Waals surface area contributed by atoms with Gasteiger partial charge in [-0.1, -0.05) is 24.3 Å². The van der Waals surface area contributed by atoms with E-state index in [-0.39, 0.29) is 10.9 Å². The molecule has 7 heteroatoms. The third kappa shape index (κ3) is 11.5. The van der Waals surface area contributed by atoms with Crippen molar-refractivity contribution in [1.82, 2.24) is 0 Å². The molecule has 0 aliphatic carbocycles. The summed E-state index contributed by atoms with van der Waals surface area (Å²) in [7, 11) is 0.139. The molecule has 0 N–H and O–H groups in total. The van der Waals surface area contributed by atoms with E-state index in [1.54, 1.807) is 12.1 Å². The zero-order valence-corrected chi connectivity index (χ0v) is 16.3. The predicted octanol–water partition coefficient (Wildman–Crippen LogP) is 2.49. The molecule has 0 heterocycles. The van der Waals surface area contributed by atoms with Crippen LogP contribution in [0.5, 0.6) is 0 Å². The standard InChI is InChI=1S/C11H22NO2.C7H8O3S/c1-5-11(13)14-10-8-7-9-12(3,4)6-2;1-6-2-4-7(5-3-6)11(8,9)10/h5H,1,6-10H2,2-4H3;2-5H,1H3,(H,8,9,10)/q+1;/p-1. The summed E-state index contributed by atoms with van der Waals surface area (Å²) in [5, 5.41) is 0. The fourth-order valence-corrected chi connectivity index (χ4v) is 2.21. The molecule has 0 saturated heterocycles. The molecule has 0 saturated carbocycles. The molecule has 0 spiro atoms. The maximum atomic E-state index is 10.7. The van der Waals surface area contributed by atoms with Gasteiger partial charge in [-0.25, -0.2) is 13.2 Å². The Morgan fingerprint density at radius 3 is 2.24 bits per heavy atom. The topological polar surface area (TPSA) is 83.5 Å². The van der Waals surface area contributed by atoms with Gasteiger partial charge >= 0.3 is 5.97 Å². The fourth-order valence-electron chi connectivity index (χ4n) is 1.74. The molecule has 0 aliphatic rings. The van der Waals surface area contributed by atoms with Gasteiger partial charge in [0.15, 0.2) is 0 Å². The van der Waals surface area contributed by atoms with Gasteiger partial charge in [0.2, 0.25) is 0 Å². The van der Waals surface area contributed by atoms with Crippen LogP contribution in [0.1, 0.15) is 25.3 Å². The second-order valence-corrected chi connectivity index (χ2v) is 7.70. The molecule has 0 aliphatic heterocycles. The summed E-state index contributed by atoms with van der Waals surface area (Å²) in [5.74, 6) is -0.325. The quantitative estimate of drug-likeness (QED) is 0.230. The molecule has 0 atom stereocenters. The number of carbonyl (C=O) groups is 1. The van der Waals surface area contributed by atoms with Crippen molar-refractivity contribution in [3.8, 4) is 0 Å². The smallest absolute Gasteiger partial charge is 0.330 e. The molecule has 25 heavy (non-hydrogen) atoms. The Morgan fingerprint density at radius 2 is 1.80 bits per heavy atom. The van der Waals surface area contributed by atoms with Crippen LogP contribution >= 0.6 is 0 Å². The van der Waals surface area contributed by atoms with E-state index in [0.29, 0.717) is 6.61 Å². The highest BCUT2D eigenvalue weighted by molar-refractivity contribution is 7.85. The third-order valence-corrected chi connectivity index (χ3v) is 4.58. The lowest BCUT2D eigenvalue weighted by Crippen LogP contribution is -2.40. The summed E-state index contributed by atoms with van der Waals surface area (Å²) < 4.78 is 37.1. The van der Waals surface area contributed by atoms with Crippen molar-refractivity contribution in [3.05, 3.63) is 42.5 Å². The zero-order valence-electron chi connectivity index (χ0n) is 15.5. The Kier molecular flexibility index (Phi) is 10.3. The first-order chi connectivity index (χ1) is 11.5. The molecule has 142 valence electrons. The first-order valence-corrected chi connectivity index (χ1v) is 9.56. The summed E-state index contributed by atoms with van der Waals surface area (Å²) in [6, 6.07) is 5.78. The Balaban J connectivity index is 0.000000472. The number of ether oxygens (including phenoxy) is 1. The van der Waals surface area contributed by atoms with Crippen LogP contribution in [0.4, 0.5) is 0 Å². The van der Waals surface area contributed by atoms with Crippen LogP contribution in [0.15, 0.2) is 41.8 Å². The average molecular weight is 371 g/mol. The monoisotopic (exact) mass is 371 g/mol. The van der Waals surface area contributed by atoms with Crippen molar-refractivity contribution in [2.45, 2.75) is 31.6 Å². The molecule has 1 aromatic rings. The third-order valence-electron chi connectivity index (χ3n) is 3.73. The van der Waals surface area contributed by atoms with E-state index in [0.717, 1.165) is 36.0 Å². The Morgan fingerprint density at radius 1 is 1.24 bits per heavy atom. The van der Waals surface area contributed by atoms with Crippen LogP contribution in [-0.2, 0) is 19.6 Å². The highest BCUT2D eigenvalue weighted by Gasteiger charge is 2.10. The number of esters is 1. The normalized spacial score (nSPS) is 11.2. The van der Waals surface area contributed by atoms with Crippen LogP contribution in [0.25, 0.3) is 0 Å². The minimum absolute atomic E-state index is 0.178. The fraction of sp³-hybridized carbons (Fsp3) is 0.500. The summed E-state index contributed by atoms with van der Waals surface area (Å²) >= 11 is 0. The van der Waals surface area contributed by atoms with E-state index >= 15 is 0 Å². The number of unbranched alkanes of at least 4 members (excludes halogenated alkanes) is 1. The second-order valence-electron chi connectivity index (χ2n) is 6.32. The molecule has 1 aromatic carbocycles. The summed E-state index contributed by atoms with van der Waals surface area (Å²) in [6.45, 7) is 10.1. The van der Waals surface area contributed by atoms with Gasteiger partial charge in [-0.2, -0.15) is 0 Å². The van der Waals surface area contributed by atoms with Crippen LogP contribution in [0.2, 0.25) is 0 Å². The van der Waals surface area contributed by atoms with Gasteiger partial charge in [0, 0.05) is 6.08 Å². The molecule has 0 amide bonds.